The molecule has 0 bridgehead atoms. The van der Waals surface area contributed by atoms with Gasteiger partial charge in [-0.15, -0.1) is 10.2 Å². The van der Waals surface area contributed by atoms with Crippen LogP contribution in [0.2, 0.25) is 0 Å². The minimum absolute atomic E-state index is 0.0583. The first-order chi connectivity index (χ1) is 13.9. The van der Waals surface area contributed by atoms with Crippen LogP contribution >= 0.6 is 11.8 Å². The van der Waals surface area contributed by atoms with Gasteiger partial charge in [-0.25, -0.2) is 0 Å². The third-order valence-corrected chi connectivity index (χ3v) is 6.35. The lowest BCUT2D eigenvalue weighted by atomic mass is 9.83. The highest BCUT2D eigenvalue weighted by atomic mass is 32.2. The van der Waals surface area contributed by atoms with Gasteiger partial charge in [0, 0.05) is 36.5 Å². The number of carbonyl (C=O) groups excluding carboxylic acids is 1. The zero-order valence-electron chi connectivity index (χ0n) is 17.0. The maximum atomic E-state index is 12.8. The molecular formula is C22H24N4O2S. The van der Waals surface area contributed by atoms with Gasteiger partial charge in [-0.05, 0) is 30.7 Å². The molecule has 1 aliphatic heterocycles. The first-order valence-corrected chi connectivity index (χ1v) is 10.6. The summed E-state index contributed by atoms with van der Waals surface area (Å²) in [4.78, 5) is 14.9. The Bertz CT molecular complexity index is 1070. The molecule has 0 fully saturated rings. The number of aromatic nitrogens is 3. The number of benzene rings is 1. The Kier molecular flexibility index (Phi) is 5.08. The molecule has 0 aliphatic carbocycles. The van der Waals surface area contributed by atoms with Gasteiger partial charge in [0.2, 0.25) is 0 Å². The maximum Gasteiger partial charge on any atom is 0.200 e. The molecule has 0 atom stereocenters. The largest absolute Gasteiger partial charge is 0.461 e. The number of furan rings is 1. The minimum atomic E-state index is -0.207. The van der Waals surface area contributed by atoms with Gasteiger partial charge in [0.1, 0.15) is 0 Å². The Morgan fingerprint density at radius 1 is 1.21 bits per heavy atom. The summed E-state index contributed by atoms with van der Waals surface area (Å²) in [7, 11) is 2.02. The lowest BCUT2D eigenvalue weighted by Gasteiger charge is -2.23. The van der Waals surface area contributed by atoms with Crippen LogP contribution in [0.15, 0.2) is 64.0 Å². The lowest BCUT2D eigenvalue weighted by Crippen LogP contribution is -2.24. The molecule has 29 heavy (non-hydrogen) atoms. The maximum absolute atomic E-state index is 12.8. The van der Waals surface area contributed by atoms with Crippen molar-refractivity contribution in [3.63, 3.8) is 0 Å². The molecule has 0 saturated heterocycles. The second-order valence-electron chi connectivity index (χ2n) is 7.51. The number of fused-ring (bicyclic) bond motifs is 1. The van der Waals surface area contributed by atoms with Crippen LogP contribution in [0.3, 0.4) is 0 Å². The van der Waals surface area contributed by atoms with Gasteiger partial charge in [0.05, 0.1) is 12.0 Å². The normalized spacial score (nSPS) is 16.4. The third kappa shape index (κ3) is 3.40. The van der Waals surface area contributed by atoms with Gasteiger partial charge in [-0.2, -0.15) is 0 Å². The van der Waals surface area contributed by atoms with Crippen LogP contribution in [0.4, 0.5) is 5.69 Å². The Hall–Kier alpha value is -2.80. The Balaban J connectivity index is 1.52. The third-order valence-electron chi connectivity index (χ3n) is 5.36. The molecule has 2 aromatic heterocycles. The summed E-state index contributed by atoms with van der Waals surface area (Å²) in [5, 5.41) is 9.21. The predicted molar refractivity (Wildman–Crippen MR) is 115 cm³/mol. The van der Waals surface area contributed by atoms with Crippen molar-refractivity contribution in [2.75, 3.05) is 17.7 Å². The van der Waals surface area contributed by atoms with Crippen LogP contribution in [0, 0.1) is 0 Å². The van der Waals surface area contributed by atoms with Crippen LogP contribution in [0.1, 0.15) is 26.3 Å². The average molecular weight is 409 g/mol. The minimum Gasteiger partial charge on any atom is -0.461 e. The smallest absolute Gasteiger partial charge is 0.200 e. The van der Waals surface area contributed by atoms with E-state index in [-0.39, 0.29) is 11.2 Å². The van der Waals surface area contributed by atoms with Crippen LogP contribution in [0.25, 0.3) is 11.6 Å². The first kappa shape index (κ1) is 19.5. The monoisotopic (exact) mass is 408 g/mol. The number of likely N-dealkylation sites (N-methyl/N-ethyl adjacent to an activating group) is 1. The zero-order chi connectivity index (χ0) is 20.6. The number of allylic oxidation sites excluding steroid dienone is 2. The summed E-state index contributed by atoms with van der Waals surface area (Å²) in [5.74, 6) is 1.72. The van der Waals surface area contributed by atoms with E-state index in [1.54, 1.807) is 12.3 Å². The number of carbonyl (C=O) groups is 1. The first-order valence-electron chi connectivity index (χ1n) is 9.61. The van der Waals surface area contributed by atoms with E-state index in [1.165, 1.54) is 17.3 Å². The zero-order valence-corrected chi connectivity index (χ0v) is 17.9. The summed E-state index contributed by atoms with van der Waals surface area (Å²) in [6, 6.07) is 12.0. The number of rotatable bonds is 6. The molecule has 0 saturated carbocycles. The van der Waals surface area contributed by atoms with E-state index in [2.05, 4.69) is 41.1 Å². The van der Waals surface area contributed by atoms with Crippen LogP contribution < -0.4 is 4.90 Å². The van der Waals surface area contributed by atoms with E-state index in [4.69, 9.17) is 4.42 Å². The van der Waals surface area contributed by atoms with E-state index < -0.39 is 0 Å². The lowest BCUT2D eigenvalue weighted by molar-refractivity contribution is -0.112. The Morgan fingerprint density at radius 2 is 2.00 bits per heavy atom. The molecular weight excluding hydrogens is 384 g/mol. The van der Waals surface area contributed by atoms with Crippen molar-refractivity contribution >= 4 is 23.2 Å². The van der Waals surface area contributed by atoms with Gasteiger partial charge in [-0.3, -0.25) is 9.36 Å². The fraction of sp³-hybridized carbons (Fsp3) is 0.318. The summed E-state index contributed by atoms with van der Waals surface area (Å²) in [6.45, 7) is 7.04. The molecule has 1 aliphatic rings. The molecule has 7 heteroatoms. The van der Waals surface area contributed by atoms with E-state index in [1.807, 2.05) is 42.8 Å². The topological polar surface area (TPSA) is 64.2 Å². The molecule has 0 amide bonds. The van der Waals surface area contributed by atoms with Crippen molar-refractivity contribution in [2.45, 2.75) is 37.9 Å². The van der Waals surface area contributed by atoms with E-state index >= 15 is 0 Å². The number of para-hydroxylation sites is 1. The van der Waals surface area contributed by atoms with Crippen LogP contribution in [-0.4, -0.2) is 33.3 Å². The molecule has 4 rings (SSSR count). The van der Waals surface area contributed by atoms with E-state index in [0.29, 0.717) is 29.0 Å². The average Bonchev–Trinajstić information content (AvgIpc) is 3.42. The van der Waals surface area contributed by atoms with Crippen molar-refractivity contribution in [3.8, 4) is 11.6 Å². The number of nitrogens with zero attached hydrogens (tertiary/aromatic N) is 4. The summed E-state index contributed by atoms with van der Waals surface area (Å²) in [6.07, 6.45) is 3.39. The van der Waals surface area contributed by atoms with Gasteiger partial charge >= 0.3 is 0 Å². The van der Waals surface area contributed by atoms with Crippen molar-refractivity contribution in [1.29, 1.82) is 0 Å². The standard InChI is InChI=1S/C22H24N4O2S/c1-5-26-20(18-11-8-12-28-18)23-24-21(26)29-14-15(27)13-19-22(2,3)16-9-6-7-10-17(16)25(19)4/h6-13H,5,14H2,1-4H3/b19-13-. The van der Waals surface area contributed by atoms with Crippen molar-refractivity contribution < 1.29 is 9.21 Å². The van der Waals surface area contributed by atoms with Gasteiger partial charge in [0.25, 0.3) is 0 Å². The SMILES string of the molecule is CCn1c(SCC(=O)/C=C2\N(C)c3ccccc3C2(C)C)nnc1-c1ccco1. The number of ketones is 1. The van der Waals surface area contributed by atoms with E-state index in [0.717, 1.165) is 11.4 Å². The molecule has 1 aromatic carbocycles. The molecule has 0 unspecified atom stereocenters. The van der Waals surface area contributed by atoms with Crippen LogP contribution in [0.5, 0.6) is 0 Å². The highest BCUT2D eigenvalue weighted by molar-refractivity contribution is 7.99. The van der Waals surface area contributed by atoms with Crippen molar-refractivity contribution in [3.05, 3.63) is 60.0 Å². The summed E-state index contributed by atoms with van der Waals surface area (Å²) >= 11 is 1.40. The number of hydrogen-bond acceptors (Lipinski definition) is 6. The van der Waals surface area contributed by atoms with Crippen molar-refractivity contribution in [1.82, 2.24) is 14.8 Å². The molecule has 0 N–H and O–H groups in total. The van der Waals surface area contributed by atoms with Crippen LogP contribution in [-0.2, 0) is 16.8 Å². The highest BCUT2D eigenvalue weighted by Crippen LogP contribution is 2.46. The molecule has 0 radical (unpaired) electrons. The Labute approximate surface area is 174 Å². The van der Waals surface area contributed by atoms with Gasteiger partial charge in [0.15, 0.2) is 22.5 Å². The molecule has 0 spiro atoms. The summed E-state index contributed by atoms with van der Waals surface area (Å²) < 4.78 is 7.40. The molecule has 3 aromatic rings. The van der Waals surface area contributed by atoms with Gasteiger partial charge in [-0.1, -0.05) is 43.8 Å². The second-order valence-corrected chi connectivity index (χ2v) is 8.46. The number of hydrogen-bond donors (Lipinski definition) is 0. The number of thioether (sulfide) groups is 1. The quantitative estimate of drug-likeness (QED) is 0.441. The summed E-state index contributed by atoms with van der Waals surface area (Å²) in [5.41, 5.74) is 3.19. The fourth-order valence-electron chi connectivity index (χ4n) is 3.86. The Morgan fingerprint density at radius 3 is 2.69 bits per heavy atom. The molecule has 6 nitrogen and oxygen atoms in total. The number of anilines is 1. The fourth-order valence-corrected chi connectivity index (χ4v) is 4.68. The van der Waals surface area contributed by atoms with E-state index in [9.17, 15) is 4.79 Å². The molecule has 3 heterocycles. The second kappa shape index (κ2) is 7.55. The van der Waals surface area contributed by atoms with Gasteiger partial charge < -0.3 is 9.32 Å². The predicted octanol–water partition coefficient (Wildman–Crippen LogP) is 4.53. The highest BCUT2D eigenvalue weighted by Gasteiger charge is 2.38. The van der Waals surface area contributed by atoms with Crippen molar-refractivity contribution in [2.24, 2.45) is 0 Å². The molecule has 150 valence electrons.